The maximum Gasteiger partial charge on any atom is 0.0505 e. The molecule has 2 atom stereocenters. The third kappa shape index (κ3) is 1.70. The van der Waals surface area contributed by atoms with Gasteiger partial charge < -0.3 is 10.1 Å². The highest BCUT2D eigenvalue weighted by atomic mass is 16.5. The van der Waals surface area contributed by atoms with Gasteiger partial charge in [0.05, 0.1) is 6.61 Å². The predicted molar refractivity (Wildman–Crippen MR) is 42.1 cm³/mol. The first kappa shape index (κ1) is 8.02. The lowest BCUT2D eigenvalue weighted by Gasteiger charge is -2.17. The van der Waals surface area contributed by atoms with Crippen molar-refractivity contribution in [2.75, 3.05) is 20.8 Å². The summed E-state index contributed by atoms with van der Waals surface area (Å²) in [6, 6.07) is 0.708. The third-order valence-corrected chi connectivity index (χ3v) is 2.41. The van der Waals surface area contributed by atoms with Gasteiger partial charge >= 0.3 is 0 Å². The normalized spacial score (nSPS) is 33.0. The second-order valence-electron chi connectivity index (χ2n) is 3.04. The van der Waals surface area contributed by atoms with Crippen LogP contribution in [0.25, 0.3) is 0 Å². The van der Waals surface area contributed by atoms with E-state index in [1.807, 2.05) is 7.05 Å². The molecule has 1 rings (SSSR count). The molecule has 0 saturated heterocycles. The smallest absolute Gasteiger partial charge is 0.0505 e. The zero-order valence-corrected chi connectivity index (χ0v) is 6.89. The fraction of sp³-hybridized carbons (Fsp3) is 1.00. The Labute approximate surface area is 63.0 Å². The molecule has 0 heterocycles. The molecule has 1 aliphatic carbocycles. The Kier molecular flexibility index (Phi) is 3.16. The van der Waals surface area contributed by atoms with Crippen molar-refractivity contribution >= 4 is 0 Å². The van der Waals surface area contributed by atoms with Gasteiger partial charge in [0.1, 0.15) is 0 Å². The number of methoxy groups -OCH3 is 1. The lowest BCUT2D eigenvalue weighted by atomic mass is 10.1. The van der Waals surface area contributed by atoms with Crippen LogP contribution in [0.15, 0.2) is 0 Å². The lowest BCUT2D eigenvalue weighted by Crippen LogP contribution is -2.31. The summed E-state index contributed by atoms with van der Waals surface area (Å²) in [5.74, 6) is 0.759. The van der Waals surface area contributed by atoms with E-state index < -0.39 is 0 Å². The van der Waals surface area contributed by atoms with Gasteiger partial charge in [-0.05, 0) is 25.8 Å². The summed E-state index contributed by atoms with van der Waals surface area (Å²) < 4.78 is 5.12. The van der Waals surface area contributed by atoms with E-state index in [0.29, 0.717) is 6.04 Å². The van der Waals surface area contributed by atoms with Crippen LogP contribution in [0, 0.1) is 5.92 Å². The fourth-order valence-electron chi connectivity index (χ4n) is 1.83. The molecular formula is C8H17NO. The molecule has 10 heavy (non-hydrogen) atoms. The maximum atomic E-state index is 5.12. The minimum atomic E-state index is 0.708. The molecule has 0 radical (unpaired) electrons. The van der Waals surface area contributed by atoms with E-state index in [0.717, 1.165) is 12.5 Å². The Balaban J connectivity index is 2.27. The Bertz CT molecular complexity index is 95.3. The monoisotopic (exact) mass is 143 g/mol. The molecule has 0 aromatic rings. The van der Waals surface area contributed by atoms with Gasteiger partial charge in [-0.15, -0.1) is 0 Å². The van der Waals surface area contributed by atoms with Crippen molar-refractivity contribution < 1.29 is 4.74 Å². The number of hydrogen-bond donors (Lipinski definition) is 1. The van der Waals surface area contributed by atoms with Crippen molar-refractivity contribution in [3.8, 4) is 0 Å². The topological polar surface area (TPSA) is 21.3 Å². The van der Waals surface area contributed by atoms with Crippen LogP contribution < -0.4 is 5.32 Å². The van der Waals surface area contributed by atoms with Crippen LogP contribution in [0.5, 0.6) is 0 Å². The first-order valence-electron chi connectivity index (χ1n) is 4.04. The fourth-order valence-corrected chi connectivity index (χ4v) is 1.83. The zero-order chi connectivity index (χ0) is 7.40. The van der Waals surface area contributed by atoms with Gasteiger partial charge in [-0.25, -0.2) is 0 Å². The molecular weight excluding hydrogens is 126 g/mol. The van der Waals surface area contributed by atoms with Crippen molar-refractivity contribution in [3.63, 3.8) is 0 Å². The molecule has 0 aromatic heterocycles. The highest BCUT2D eigenvalue weighted by Gasteiger charge is 2.25. The molecule has 2 heteroatoms. The standard InChI is InChI=1S/C8H17NO/c1-9-8-5-3-4-7(8)6-10-2/h7-9H,3-6H2,1-2H3. The molecule has 2 nitrogen and oxygen atoms in total. The van der Waals surface area contributed by atoms with Gasteiger partial charge in [0.25, 0.3) is 0 Å². The summed E-state index contributed by atoms with van der Waals surface area (Å²) in [6.45, 7) is 0.922. The largest absolute Gasteiger partial charge is 0.384 e. The summed E-state index contributed by atoms with van der Waals surface area (Å²) in [7, 11) is 3.82. The van der Waals surface area contributed by atoms with Crippen molar-refractivity contribution in [1.82, 2.24) is 5.32 Å². The van der Waals surface area contributed by atoms with Crippen LogP contribution in [0.2, 0.25) is 0 Å². The van der Waals surface area contributed by atoms with Gasteiger partial charge in [0, 0.05) is 13.2 Å². The number of hydrogen-bond acceptors (Lipinski definition) is 2. The van der Waals surface area contributed by atoms with Gasteiger partial charge in [0.2, 0.25) is 0 Å². The van der Waals surface area contributed by atoms with E-state index in [9.17, 15) is 0 Å². The van der Waals surface area contributed by atoms with Crippen molar-refractivity contribution in [3.05, 3.63) is 0 Å². The average Bonchev–Trinajstić information content (AvgIpc) is 2.36. The van der Waals surface area contributed by atoms with Crippen LogP contribution in [-0.4, -0.2) is 26.8 Å². The Morgan fingerprint density at radius 3 is 2.90 bits per heavy atom. The minimum absolute atomic E-state index is 0.708. The van der Waals surface area contributed by atoms with Gasteiger partial charge in [-0.3, -0.25) is 0 Å². The van der Waals surface area contributed by atoms with Crippen LogP contribution in [0.3, 0.4) is 0 Å². The summed E-state index contributed by atoms with van der Waals surface area (Å²) in [5, 5.41) is 3.32. The number of ether oxygens (including phenoxy) is 1. The van der Waals surface area contributed by atoms with Gasteiger partial charge in [-0.1, -0.05) is 6.42 Å². The summed E-state index contributed by atoms with van der Waals surface area (Å²) in [4.78, 5) is 0. The molecule has 0 amide bonds. The van der Waals surface area contributed by atoms with Gasteiger partial charge in [0.15, 0.2) is 0 Å². The highest BCUT2D eigenvalue weighted by molar-refractivity contribution is 4.81. The molecule has 1 aliphatic rings. The SMILES string of the molecule is CNC1CCCC1COC. The number of nitrogens with one attached hydrogen (secondary N) is 1. The van der Waals surface area contributed by atoms with Crippen LogP contribution in [-0.2, 0) is 4.74 Å². The molecule has 0 bridgehead atoms. The van der Waals surface area contributed by atoms with Crippen molar-refractivity contribution in [2.24, 2.45) is 5.92 Å². The van der Waals surface area contributed by atoms with Crippen molar-refractivity contribution in [1.29, 1.82) is 0 Å². The van der Waals surface area contributed by atoms with E-state index in [1.54, 1.807) is 7.11 Å². The third-order valence-electron chi connectivity index (χ3n) is 2.41. The molecule has 0 spiro atoms. The van der Waals surface area contributed by atoms with E-state index >= 15 is 0 Å². The first-order valence-corrected chi connectivity index (χ1v) is 4.04. The van der Waals surface area contributed by atoms with Crippen molar-refractivity contribution in [2.45, 2.75) is 25.3 Å². The summed E-state index contributed by atoms with van der Waals surface area (Å²) in [6.07, 6.45) is 4.02. The Hall–Kier alpha value is -0.0800. The first-order chi connectivity index (χ1) is 4.88. The van der Waals surface area contributed by atoms with Crippen LogP contribution >= 0.6 is 0 Å². The van der Waals surface area contributed by atoms with Crippen LogP contribution in [0.4, 0.5) is 0 Å². The van der Waals surface area contributed by atoms with E-state index in [2.05, 4.69) is 5.32 Å². The zero-order valence-electron chi connectivity index (χ0n) is 6.89. The second-order valence-corrected chi connectivity index (χ2v) is 3.04. The molecule has 0 aliphatic heterocycles. The number of rotatable bonds is 3. The molecule has 0 aromatic carbocycles. The van der Waals surface area contributed by atoms with Gasteiger partial charge in [-0.2, -0.15) is 0 Å². The Morgan fingerprint density at radius 2 is 2.30 bits per heavy atom. The van der Waals surface area contributed by atoms with E-state index in [-0.39, 0.29) is 0 Å². The molecule has 60 valence electrons. The van der Waals surface area contributed by atoms with Crippen LogP contribution in [0.1, 0.15) is 19.3 Å². The highest BCUT2D eigenvalue weighted by Crippen LogP contribution is 2.25. The molecule has 1 N–H and O–H groups in total. The minimum Gasteiger partial charge on any atom is -0.384 e. The van der Waals surface area contributed by atoms with E-state index in [4.69, 9.17) is 4.74 Å². The summed E-state index contributed by atoms with van der Waals surface area (Å²) >= 11 is 0. The maximum absolute atomic E-state index is 5.12. The Morgan fingerprint density at radius 1 is 1.50 bits per heavy atom. The summed E-state index contributed by atoms with van der Waals surface area (Å²) in [5.41, 5.74) is 0. The second kappa shape index (κ2) is 3.94. The van der Waals surface area contributed by atoms with E-state index in [1.165, 1.54) is 19.3 Å². The molecule has 1 fully saturated rings. The molecule has 1 saturated carbocycles. The predicted octanol–water partition coefficient (Wildman–Crippen LogP) is 1.02. The quantitative estimate of drug-likeness (QED) is 0.637. The average molecular weight is 143 g/mol. The molecule has 2 unspecified atom stereocenters. The lowest BCUT2D eigenvalue weighted by molar-refractivity contribution is 0.142.